The summed E-state index contributed by atoms with van der Waals surface area (Å²) in [5, 5.41) is 9.97. The largest absolute Gasteiger partial charge is 0.476 e. The van der Waals surface area contributed by atoms with Gasteiger partial charge in [-0.1, -0.05) is 30.3 Å². The van der Waals surface area contributed by atoms with Gasteiger partial charge in [0.2, 0.25) is 0 Å². The van der Waals surface area contributed by atoms with Crippen LogP contribution in [0.4, 0.5) is 0 Å². The maximum absolute atomic E-state index is 12.3. The quantitative estimate of drug-likeness (QED) is 0.724. The van der Waals surface area contributed by atoms with Crippen LogP contribution in [0.1, 0.15) is 36.8 Å². The number of carbonyl (C=O) groups is 2. The molecule has 0 amide bonds. The third-order valence-corrected chi connectivity index (χ3v) is 3.99. The van der Waals surface area contributed by atoms with E-state index >= 15 is 0 Å². The van der Waals surface area contributed by atoms with Crippen molar-refractivity contribution in [3.05, 3.63) is 60.0 Å². The van der Waals surface area contributed by atoms with Crippen LogP contribution in [-0.2, 0) is 11.3 Å². The van der Waals surface area contributed by atoms with E-state index in [1.807, 2.05) is 41.1 Å². The molecular formula is C20H20N2O4. The van der Waals surface area contributed by atoms with E-state index in [2.05, 4.69) is 4.98 Å². The molecule has 3 aromatic rings. The minimum atomic E-state index is -1.24. The van der Waals surface area contributed by atoms with Crippen LogP contribution in [0.15, 0.2) is 48.8 Å². The van der Waals surface area contributed by atoms with Crippen LogP contribution >= 0.6 is 0 Å². The first-order valence-electron chi connectivity index (χ1n) is 8.24. The lowest BCUT2D eigenvalue weighted by Crippen LogP contribution is -2.26. The highest BCUT2D eigenvalue weighted by Crippen LogP contribution is 2.31. The van der Waals surface area contributed by atoms with Crippen LogP contribution in [-0.4, -0.2) is 26.6 Å². The number of rotatable bonds is 4. The second-order valence-electron chi connectivity index (χ2n) is 7.11. The van der Waals surface area contributed by atoms with Crippen LogP contribution < -0.4 is 4.74 Å². The van der Waals surface area contributed by atoms with E-state index in [4.69, 9.17) is 4.74 Å². The molecule has 0 bridgehead atoms. The second-order valence-corrected chi connectivity index (χ2v) is 7.11. The van der Waals surface area contributed by atoms with E-state index < -0.39 is 17.4 Å². The smallest absolute Gasteiger partial charge is 0.358 e. The maximum Gasteiger partial charge on any atom is 0.358 e. The zero-order valence-electron chi connectivity index (χ0n) is 14.9. The Morgan fingerprint density at radius 3 is 2.46 bits per heavy atom. The van der Waals surface area contributed by atoms with Gasteiger partial charge < -0.3 is 14.4 Å². The number of esters is 1. The predicted molar refractivity (Wildman–Crippen MR) is 97.3 cm³/mol. The average Bonchev–Trinajstić information content (AvgIpc) is 2.98. The van der Waals surface area contributed by atoms with Crippen molar-refractivity contribution in [3.8, 4) is 5.75 Å². The number of nitrogens with zero attached hydrogens (tertiary/aromatic N) is 2. The van der Waals surface area contributed by atoms with Crippen molar-refractivity contribution < 1.29 is 19.4 Å². The Morgan fingerprint density at radius 2 is 1.85 bits per heavy atom. The summed E-state index contributed by atoms with van der Waals surface area (Å²) in [6.45, 7) is 5.74. The molecular weight excluding hydrogens is 332 g/mol. The summed E-state index contributed by atoms with van der Waals surface area (Å²) < 4.78 is 7.39. The molecule has 0 radical (unpaired) electrons. The van der Waals surface area contributed by atoms with Crippen LogP contribution in [0.2, 0.25) is 0 Å². The number of aromatic carboxylic acids is 1. The van der Waals surface area contributed by atoms with Gasteiger partial charge in [0.25, 0.3) is 0 Å². The van der Waals surface area contributed by atoms with Gasteiger partial charge in [0.1, 0.15) is 0 Å². The summed E-state index contributed by atoms with van der Waals surface area (Å²) >= 11 is 0. The summed E-state index contributed by atoms with van der Waals surface area (Å²) in [4.78, 5) is 27.9. The highest BCUT2D eigenvalue weighted by molar-refractivity contribution is 5.99. The van der Waals surface area contributed by atoms with Gasteiger partial charge in [0, 0.05) is 18.1 Å². The molecule has 2 heterocycles. The molecule has 0 spiro atoms. The van der Waals surface area contributed by atoms with Crippen LogP contribution in [0, 0.1) is 5.41 Å². The Morgan fingerprint density at radius 1 is 1.15 bits per heavy atom. The molecule has 6 heteroatoms. The van der Waals surface area contributed by atoms with E-state index in [0.29, 0.717) is 17.4 Å². The summed E-state index contributed by atoms with van der Waals surface area (Å²) in [7, 11) is 0. The van der Waals surface area contributed by atoms with E-state index in [1.165, 1.54) is 6.20 Å². The van der Waals surface area contributed by atoms with Crippen LogP contribution in [0.5, 0.6) is 5.75 Å². The van der Waals surface area contributed by atoms with Gasteiger partial charge >= 0.3 is 11.9 Å². The summed E-state index contributed by atoms with van der Waals surface area (Å²) in [5.74, 6) is -1.76. The number of hydrogen-bond acceptors (Lipinski definition) is 4. The lowest BCUT2D eigenvalue weighted by Gasteiger charge is -2.17. The molecule has 6 nitrogen and oxygen atoms in total. The van der Waals surface area contributed by atoms with E-state index in [0.717, 1.165) is 5.56 Å². The molecule has 3 rings (SSSR count). The molecule has 0 aliphatic heterocycles. The van der Waals surface area contributed by atoms with Crippen molar-refractivity contribution in [1.29, 1.82) is 0 Å². The topological polar surface area (TPSA) is 81.4 Å². The highest BCUT2D eigenvalue weighted by Gasteiger charge is 2.28. The number of ether oxygens (including phenoxy) is 1. The fourth-order valence-corrected chi connectivity index (χ4v) is 2.55. The van der Waals surface area contributed by atoms with Crippen molar-refractivity contribution in [3.63, 3.8) is 0 Å². The Balaban J connectivity index is 2.08. The van der Waals surface area contributed by atoms with Gasteiger partial charge in [-0.25, -0.2) is 9.78 Å². The first kappa shape index (κ1) is 17.7. The second kappa shape index (κ2) is 6.63. The van der Waals surface area contributed by atoms with Gasteiger partial charge in [-0.15, -0.1) is 0 Å². The molecule has 0 aliphatic carbocycles. The van der Waals surface area contributed by atoms with Crippen molar-refractivity contribution >= 4 is 22.8 Å². The standard InChI is InChI=1S/C20H20N2O4/c1-20(2,3)19(25)26-17-14-9-10-22(12-13-7-5-4-6-8-13)15(14)11-21-16(17)18(23)24/h4-11H,12H2,1-3H3,(H,23,24). The first-order chi connectivity index (χ1) is 12.3. The molecule has 0 aliphatic rings. The Labute approximate surface area is 151 Å². The molecule has 2 aromatic heterocycles. The van der Waals surface area contributed by atoms with Crippen molar-refractivity contribution in [2.24, 2.45) is 5.41 Å². The predicted octanol–water partition coefficient (Wildman–Crippen LogP) is 3.73. The van der Waals surface area contributed by atoms with Crippen molar-refractivity contribution in [2.75, 3.05) is 0 Å². The van der Waals surface area contributed by atoms with Gasteiger partial charge in [-0.05, 0) is 32.4 Å². The lowest BCUT2D eigenvalue weighted by atomic mass is 9.97. The van der Waals surface area contributed by atoms with Crippen molar-refractivity contribution in [1.82, 2.24) is 9.55 Å². The molecule has 0 fully saturated rings. The molecule has 0 saturated heterocycles. The molecule has 26 heavy (non-hydrogen) atoms. The molecule has 0 atom stereocenters. The van der Waals surface area contributed by atoms with Crippen molar-refractivity contribution in [2.45, 2.75) is 27.3 Å². The summed E-state index contributed by atoms with van der Waals surface area (Å²) in [5.41, 5.74) is 0.772. The Kier molecular flexibility index (Phi) is 4.50. The van der Waals surface area contributed by atoms with Gasteiger partial charge in [0.15, 0.2) is 11.4 Å². The average molecular weight is 352 g/mol. The zero-order chi connectivity index (χ0) is 18.9. The number of hydrogen-bond donors (Lipinski definition) is 1. The summed E-state index contributed by atoms with van der Waals surface area (Å²) in [6.07, 6.45) is 3.33. The van der Waals surface area contributed by atoms with Crippen LogP contribution in [0.3, 0.4) is 0 Å². The van der Waals surface area contributed by atoms with Gasteiger partial charge in [0.05, 0.1) is 17.1 Å². The fraction of sp³-hybridized carbons (Fsp3) is 0.250. The fourth-order valence-electron chi connectivity index (χ4n) is 2.55. The molecule has 1 aromatic carbocycles. The number of carboxylic acid groups (broad SMARTS) is 1. The maximum atomic E-state index is 12.3. The highest BCUT2D eigenvalue weighted by atomic mass is 16.5. The van der Waals surface area contributed by atoms with Gasteiger partial charge in [-0.2, -0.15) is 0 Å². The third kappa shape index (κ3) is 3.44. The molecule has 134 valence electrons. The monoisotopic (exact) mass is 352 g/mol. The Hall–Kier alpha value is -3.15. The molecule has 0 saturated carbocycles. The minimum Gasteiger partial charge on any atom is -0.476 e. The molecule has 0 unspecified atom stereocenters. The van der Waals surface area contributed by atoms with Gasteiger partial charge in [-0.3, -0.25) is 4.79 Å². The minimum absolute atomic E-state index is 0.0123. The first-order valence-corrected chi connectivity index (χ1v) is 8.24. The number of pyridine rings is 1. The van der Waals surface area contributed by atoms with E-state index in [1.54, 1.807) is 26.8 Å². The zero-order valence-corrected chi connectivity index (χ0v) is 14.9. The number of fused-ring (bicyclic) bond motifs is 1. The summed E-state index contributed by atoms with van der Waals surface area (Å²) in [6, 6.07) is 11.6. The Bertz CT molecular complexity index is 969. The molecule has 1 N–H and O–H groups in total. The number of aromatic nitrogens is 2. The third-order valence-electron chi connectivity index (χ3n) is 3.99. The normalized spacial score (nSPS) is 11.5. The van der Waals surface area contributed by atoms with E-state index in [9.17, 15) is 14.7 Å². The van der Waals surface area contributed by atoms with E-state index in [-0.39, 0.29) is 11.4 Å². The van der Waals surface area contributed by atoms with Crippen LogP contribution in [0.25, 0.3) is 10.9 Å². The number of carbonyl (C=O) groups excluding carboxylic acids is 1. The number of carboxylic acids is 1. The number of benzene rings is 1. The SMILES string of the molecule is CC(C)(C)C(=O)Oc1c(C(=O)O)ncc2c1ccn2Cc1ccccc1. The lowest BCUT2D eigenvalue weighted by molar-refractivity contribution is -0.142.